The first-order valence-corrected chi connectivity index (χ1v) is 6.59. The molecule has 1 aromatic carbocycles. The SMILES string of the molecule is Cc1nc(NC#N)cc(N2CCc3ccccc3C2)n1. The van der Waals surface area contributed by atoms with E-state index in [1.54, 1.807) is 0 Å². The molecule has 20 heavy (non-hydrogen) atoms. The summed E-state index contributed by atoms with van der Waals surface area (Å²) in [7, 11) is 0. The average molecular weight is 265 g/mol. The van der Waals surface area contributed by atoms with Crippen LogP contribution in [0.2, 0.25) is 0 Å². The van der Waals surface area contributed by atoms with E-state index in [2.05, 4.69) is 44.5 Å². The zero-order valence-corrected chi connectivity index (χ0v) is 11.3. The second-order valence-corrected chi connectivity index (χ2v) is 4.84. The fraction of sp³-hybridized carbons (Fsp3) is 0.267. The summed E-state index contributed by atoms with van der Waals surface area (Å²) in [6, 6.07) is 10.3. The quantitative estimate of drug-likeness (QED) is 0.666. The molecule has 0 amide bonds. The standard InChI is InChI=1S/C15H15N5/c1-11-18-14(17-10-16)8-15(19-11)20-7-6-12-4-2-3-5-13(12)9-20/h2-5,8H,6-7,9H2,1H3,(H,17,18,19). The first-order valence-electron chi connectivity index (χ1n) is 6.59. The molecular formula is C15H15N5. The van der Waals surface area contributed by atoms with Gasteiger partial charge in [0.05, 0.1) is 0 Å². The van der Waals surface area contributed by atoms with Crippen LogP contribution in [0, 0.1) is 18.4 Å². The number of hydrogen-bond donors (Lipinski definition) is 1. The highest BCUT2D eigenvalue weighted by Gasteiger charge is 2.17. The Balaban J connectivity index is 1.90. The molecule has 0 unspecified atom stereocenters. The minimum Gasteiger partial charge on any atom is -0.352 e. The van der Waals surface area contributed by atoms with Gasteiger partial charge in [0.15, 0.2) is 6.19 Å². The van der Waals surface area contributed by atoms with Crippen molar-refractivity contribution in [1.29, 1.82) is 5.26 Å². The van der Waals surface area contributed by atoms with Crippen LogP contribution in [-0.2, 0) is 13.0 Å². The fourth-order valence-electron chi connectivity index (χ4n) is 2.53. The Kier molecular flexibility index (Phi) is 3.21. The molecule has 100 valence electrons. The second kappa shape index (κ2) is 5.17. The molecule has 1 aliphatic heterocycles. The van der Waals surface area contributed by atoms with Gasteiger partial charge in [-0.05, 0) is 24.5 Å². The Morgan fingerprint density at radius 1 is 1.25 bits per heavy atom. The minimum atomic E-state index is 0.550. The maximum atomic E-state index is 8.71. The van der Waals surface area contributed by atoms with Gasteiger partial charge >= 0.3 is 0 Å². The third-order valence-electron chi connectivity index (χ3n) is 3.46. The van der Waals surface area contributed by atoms with Crippen molar-refractivity contribution >= 4 is 11.6 Å². The number of nitrogens with zero attached hydrogens (tertiary/aromatic N) is 4. The van der Waals surface area contributed by atoms with Crippen molar-refractivity contribution < 1.29 is 0 Å². The molecule has 3 rings (SSSR count). The first-order chi connectivity index (χ1) is 9.76. The van der Waals surface area contributed by atoms with Gasteiger partial charge in [0, 0.05) is 19.2 Å². The van der Waals surface area contributed by atoms with Crippen LogP contribution in [0.25, 0.3) is 0 Å². The van der Waals surface area contributed by atoms with E-state index in [0.29, 0.717) is 11.6 Å². The van der Waals surface area contributed by atoms with Gasteiger partial charge in [0.1, 0.15) is 17.5 Å². The molecule has 1 aliphatic rings. The third kappa shape index (κ3) is 2.41. The summed E-state index contributed by atoms with van der Waals surface area (Å²) in [4.78, 5) is 10.9. The lowest BCUT2D eigenvalue weighted by Crippen LogP contribution is -2.31. The van der Waals surface area contributed by atoms with Crippen molar-refractivity contribution in [3.8, 4) is 6.19 Å². The normalized spacial score (nSPS) is 13.5. The van der Waals surface area contributed by atoms with Gasteiger partial charge in [0.2, 0.25) is 0 Å². The molecule has 0 aliphatic carbocycles. The number of rotatable bonds is 2. The summed E-state index contributed by atoms with van der Waals surface area (Å²) in [6.45, 7) is 3.61. The van der Waals surface area contributed by atoms with Gasteiger partial charge in [-0.2, -0.15) is 5.26 Å². The fourth-order valence-corrected chi connectivity index (χ4v) is 2.53. The Morgan fingerprint density at radius 3 is 2.85 bits per heavy atom. The van der Waals surface area contributed by atoms with Crippen LogP contribution in [0.3, 0.4) is 0 Å². The Labute approximate surface area is 117 Å². The molecule has 0 bridgehead atoms. The molecule has 5 nitrogen and oxygen atoms in total. The number of anilines is 2. The zero-order valence-electron chi connectivity index (χ0n) is 11.3. The van der Waals surface area contributed by atoms with E-state index in [-0.39, 0.29) is 0 Å². The number of hydrogen-bond acceptors (Lipinski definition) is 5. The molecule has 2 heterocycles. The van der Waals surface area contributed by atoms with Crippen molar-refractivity contribution in [3.05, 3.63) is 47.3 Å². The monoisotopic (exact) mass is 265 g/mol. The Morgan fingerprint density at radius 2 is 2.05 bits per heavy atom. The highest BCUT2D eigenvalue weighted by atomic mass is 15.2. The van der Waals surface area contributed by atoms with Gasteiger partial charge in [-0.1, -0.05) is 24.3 Å². The number of benzene rings is 1. The van der Waals surface area contributed by atoms with Gasteiger partial charge in [-0.3, -0.25) is 5.32 Å². The van der Waals surface area contributed by atoms with Crippen molar-refractivity contribution in [2.75, 3.05) is 16.8 Å². The van der Waals surface area contributed by atoms with Crippen LogP contribution in [0.4, 0.5) is 11.6 Å². The number of aromatic nitrogens is 2. The highest BCUT2D eigenvalue weighted by molar-refractivity contribution is 5.52. The molecule has 1 N–H and O–H groups in total. The Bertz CT molecular complexity index is 674. The predicted molar refractivity (Wildman–Crippen MR) is 77.2 cm³/mol. The van der Waals surface area contributed by atoms with E-state index in [9.17, 15) is 0 Å². The van der Waals surface area contributed by atoms with E-state index in [1.165, 1.54) is 11.1 Å². The van der Waals surface area contributed by atoms with Crippen LogP contribution in [0.15, 0.2) is 30.3 Å². The van der Waals surface area contributed by atoms with Crippen LogP contribution in [-0.4, -0.2) is 16.5 Å². The minimum absolute atomic E-state index is 0.550. The lowest BCUT2D eigenvalue weighted by molar-refractivity contribution is 0.717. The van der Waals surface area contributed by atoms with Crippen LogP contribution >= 0.6 is 0 Å². The maximum absolute atomic E-state index is 8.71. The van der Waals surface area contributed by atoms with E-state index >= 15 is 0 Å². The molecule has 0 radical (unpaired) electrons. The molecular weight excluding hydrogens is 250 g/mol. The molecule has 0 saturated heterocycles. The lowest BCUT2D eigenvalue weighted by Gasteiger charge is -2.30. The molecule has 0 atom stereocenters. The van der Waals surface area contributed by atoms with Crippen LogP contribution in [0.1, 0.15) is 17.0 Å². The summed E-state index contributed by atoms with van der Waals surface area (Å²) in [5, 5.41) is 11.3. The molecule has 0 fully saturated rings. The molecule has 1 aromatic heterocycles. The number of fused-ring (bicyclic) bond motifs is 1. The zero-order chi connectivity index (χ0) is 13.9. The molecule has 0 spiro atoms. The topological polar surface area (TPSA) is 64.8 Å². The summed E-state index contributed by atoms with van der Waals surface area (Å²) >= 11 is 0. The second-order valence-electron chi connectivity index (χ2n) is 4.84. The first kappa shape index (κ1) is 12.4. The van der Waals surface area contributed by atoms with Gasteiger partial charge in [-0.15, -0.1) is 0 Å². The number of nitriles is 1. The smallest absolute Gasteiger partial charge is 0.182 e. The summed E-state index contributed by atoms with van der Waals surface area (Å²) in [6.07, 6.45) is 2.91. The number of nitrogens with one attached hydrogen (secondary N) is 1. The van der Waals surface area contributed by atoms with E-state index in [1.807, 2.05) is 19.2 Å². The van der Waals surface area contributed by atoms with Crippen molar-refractivity contribution in [2.45, 2.75) is 19.9 Å². The Hall–Kier alpha value is -2.61. The average Bonchev–Trinajstić information content (AvgIpc) is 2.46. The molecule has 0 saturated carbocycles. The van der Waals surface area contributed by atoms with Crippen molar-refractivity contribution in [2.24, 2.45) is 0 Å². The number of aryl methyl sites for hydroxylation is 1. The van der Waals surface area contributed by atoms with E-state index < -0.39 is 0 Å². The molecule has 5 heteroatoms. The molecule has 2 aromatic rings. The lowest BCUT2D eigenvalue weighted by atomic mass is 10.00. The van der Waals surface area contributed by atoms with E-state index in [0.717, 1.165) is 25.3 Å². The van der Waals surface area contributed by atoms with Gasteiger partial charge in [0.25, 0.3) is 0 Å². The third-order valence-corrected chi connectivity index (χ3v) is 3.46. The van der Waals surface area contributed by atoms with Crippen LogP contribution in [0.5, 0.6) is 0 Å². The van der Waals surface area contributed by atoms with Crippen molar-refractivity contribution in [3.63, 3.8) is 0 Å². The summed E-state index contributed by atoms with van der Waals surface area (Å²) in [5.41, 5.74) is 2.75. The van der Waals surface area contributed by atoms with Gasteiger partial charge < -0.3 is 4.90 Å². The van der Waals surface area contributed by atoms with Crippen LogP contribution < -0.4 is 10.2 Å². The predicted octanol–water partition coefficient (Wildman–Crippen LogP) is 2.24. The maximum Gasteiger partial charge on any atom is 0.182 e. The van der Waals surface area contributed by atoms with Gasteiger partial charge in [-0.25, -0.2) is 9.97 Å². The largest absolute Gasteiger partial charge is 0.352 e. The van der Waals surface area contributed by atoms with Crippen molar-refractivity contribution in [1.82, 2.24) is 9.97 Å². The van der Waals surface area contributed by atoms with E-state index in [4.69, 9.17) is 5.26 Å². The summed E-state index contributed by atoms with van der Waals surface area (Å²) in [5.74, 6) is 2.08. The highest BCUT2D eigenvalue weighted by Crippen LogP contribution is 2.24. The summed E-state index contributed by atoms with van der Waals surface area (Å²) < 4.78 is 0.